The largest absolute Gasteiger partial charge is 0.273 e. The minimum absolute atomic E-state index is 0.134. The molecule has 0 unspecified atom stereocenters. The molecule has 1 amide bonds. The lowest BCUT2D eigenvalue weighted by molar-refractivity contribution is -0.118. The van der Waals surface area contributed by atoms with Gasteiger partial charge in [-0.15, -0.1) is 0 Å². The molecule has 0 radical (unpaired) electrons. The quantitative estimate of drug-likeness (QED) is 0.863. The molecule has 1 aliphatic carbocycles. The molecule has 0 N–H and O–H groups in total. The molecule has 0 spiro atoms. The summed E-state index contributed by atoms with van der Waals surface area (Å²) in [5.74, 6) is -0.518. The van der Waals surface area contributed by atoms with Crippen molar-refractivity contribution in [1.82, 2.24) is 0 Å². The highest BCUT2D eigenvalue weighted by molar-refractivity contribution is 7.93. The number of carbonyl (C=O) groups is 1. The molecule has 0 atom stereocenters. The molecule has 0 aliphatic heterocycles. The third-order valence-corrected chi connectivity index (χ3v) is 5.72. The number of anilines is 1. The van der Waals surface area contributed by atoms with E-state index in [-0.39, 0.29) is 16.7 Å². The van der Waals surface area contributed by atoms with E-state index in [0.717, 1.165) is 28.3 Å². The van der Waals surface area contributed by atoms with Gasteiger partial charge in [-0.2, -0.15) is 0 Å². The Hall–Kier alpha value is -2.14. The van der Waals surface area contributed by atoms with Crippen LogP contribution in [0.1, 0.15) is 24.0 Å². The molecule has 1 aliphatic rings. The van der Waals surface area contributed by atoms with Crippen LogP contribution in [0.4, 0.5) is 5.69 Å². The fraction of sp³-hybridized carbons (Fsp3) is 0.278. The van der Waals surface area contributed by atoms with E-state index < -0.39 is 10.0 Å². The number of nitrogens with zero attached hydrogens (tertiary/aromatic N) is 1. The summed E-state index contributed by atoms with van der Waals surface area (Å²) >= 11 is 0. The first-order valence-corrected chi connectivity index (χ1v) is 9.07. The number of benzene rings is 2. The molecule has 0 heterocycles. The third kappa shape index (κ3) is 3.01. The van der Waals surface area contributed by atoms with Gasteiger partial charge in [-0.3, -0.25) is 4.79 Å². The lowest BCUT2D eigenvalue weighted by Gasteiger charge is -2.24. The van der Waals surface area contributed by atoms with E-state index in [9.17, 15) is 13.2 Å². The van der Waals surface area contributed by atoms with Gasteiger partial charge in [0.2, 0.25) is 5.91 Å². The van der Waals surface area contributed by atoms with Crippen molar-refractivity contribution in [2.45, 2.75) is 31.6 Å². The lowest BCUT2D eigenvalue weighted by atomic mass is 10.1. The summed E-state index contributed by atoms with van der Waals surface area (Å²) < 4.78 is 27.2. The molecular weight excluding hydrogens is 310 g/mol. The number of sulfonamides is 1. The summed E-state index contributed by atoms with van der Waals surface area (Å²) in [6.45, 7) is 3.71. The smallest absolute Gasteiger partial charge is 0.270 e. The molecule has 23 heavy (non-hydrogen) atoms. The molecule has 2 aromatic rings. The Morgan fingerprint density at radius 1 is 1.04 bits per heavy atom. The van der Waals surface area contributed by atoms with Gasteiger partial charge in [0.15, 0.2) is 0 Å². The second kappa shape index (κ2) is 5.81. The third-order valence-electron chi connectivity index (χ3n) is 3.99. The van der Waals surface area contributed by atoms with Crippen LogP contribution in [0.3, 0.4) is 0 Å². The summed E-state index contributed by atoms with van der Waals surface area (Å²) in [6, 6.07) is 13.6. The van der Waals surface area contributed by atoms with E-state index in [0.29, 0.717) is 5.69 Å². The Bertz CT molecular complexity index is 840. The van der Waals surface area contributed by atoms with Gasteiger partial charge in [-0.1, -0.05) is 30.3 Å². The molecular formula is C18H19NO3S. The summed E-state index contributed by atoms with van der Waals surface area (Å²) in [5, 5.41) is 0. The van der Waals surface area contributed by atoms with E-state index in [2.05, 4.69) is 0 Å². The zero-order valence-electron chi connectivity index (χ0n) is 13.2. The Morgan fingerprint density at radius 3 is 2.30 bits per heavy atom. The van der Waals surface area contributed by atoms with Crippen LogP contribution in [0.5, 0.6) is 0 Å². The Morgan fingerprint density at radius 2 is 1.70 bits per heavy atom. The highest BCUT2D eigenvalue weighted by Gasteiger charge is 2.40. The van der Waals surface area contributed by atoms with Crippen molar-refractivity contribution >= 4 is 21.6 Å². The molecule has 1 saturated carbocycles. The minimum Gasteiger partial charge on any atom is -0.273 e. The molecule has 120 valence electrons. The number of aryl methyl sites for hydroxylation is 2. The van der Waals surface area contributed by atoms with Gasteiger partial charge < -0.3 is 0 Å². The van der Waals surface area contributed by atoms with Crippen molar-refractivity contribution in [1.29, 1.82) is 0 Å². The number of amides is 1. The average molecular weight is 329 g/mol. The summed E-state index contributed by atoms with van der Waals surface area (Å²) in [6.07, 6.45) is 1.51. The van der Waals surface area contributed by atoms with Gasteiger partial charge in [0.05, 0.1) is 10.6 Å². The average Bonchev–Trinajstić information content (AvgIpc) is 3.36. The van der Waals surface area contributed by atoms with Gasteiger partial charge in [0.1, 0.15) is 0 Å². The van der Waals surface area contributed by atoms with Gasteiger partial charge in [-0.25, -0.2) is 12.7 Å². The van der Waals surface area contributed by atoms with Crippen LogP contribution < -0.4 is 4.31 Å². The standard InChI is InChI=1S/C18H19NO3S/c1-13-8-9-14(2)17(12-13)19(18(20)15-10-11-15)23(21,22)16-6-4-3-5-7-16/h3-9,12,15H,10-11H2,1-2H3. The molecule has 5 heteroatoms. The number of rotatable bonds is 4. The van der Waals surface area contributed by atoms with E-state index in [1.807, 2.05) is 26.0 Å². The van der Waals surface area contributed by atoms with Gasteiger partial charge in [-0.05, 0) is 56.0 Å². The molecule has 0 saturated heterocycles. The van der Waals surface area contributed by atoms with Crippen molar-refractivity contribution in [2.75, 3.05) is 4.31 Å². The highest BCUT2D eigenvalue weighted by Crippen LogP contribution is 2.36. The van der Waals surface area contributed by atoms with Crippen LogP contribution in [-0.4, -0.2) is 14.3 Å². The van der Waals surface area contributed by atoms with Crippen molar-refractivity contribution in [3.05, 3.63) is 59.7 Å². The highest BCUT2D eigenvalue weighted by atomic mass is 32.2. The fourth-order valence-corrected chi connectivity index (χ4v) is 4.05. The Balaban J connectivity index is 2.17. The first-order valence-electron chi connectivity index (χ1n) is 7.63. The predicted molar refractivity (Wildman–Crippen MR) is 89.8 cm³/mol. The van der Waals surface area contributed by atoms with Crippen LogP contribution in [0.15, 0.2) is 53.4 Å². The molecule has 0 aromatic heterocycles. The first-order chi connectivity index (χ1) is 10.9. The number of hydrogen-bond donors (Lipinski definition) is 0. The van der Waals surface area contributed by atoms with Crippen LogP contribution in [0.25, 0.3) is 0 Å². The second-order valence-corrected chi connectivity index (χ2v) is 7.77. The van der Waals surface area contributed by atoms with Crippen molar-refractivity contribution < 1.29 is 13.2 Å². The topological polar surface area (TPSA) is 54.5 Å². The lowest BCUT2D eigenvalue weighted by Crippen LogP contribution is -2.38. The predicted octanol–water partition coefficient (Wildman–Crippen LogP) is 3.44. The second-order valence-electron chi connectivity index (χ2n) is 5.98. The number of carbonyl (C=O) groups excluding carboxylic acids is 1. The van der Waals surface area contributed by atoms with E-state index in [1.54, 1.807) is 24.3 Å². The molecule has 0 bridgehead atoms. The number of hydrogen-bond acceptors (Lipinski definition) is 3. The Labute approximate surface area is 136 Å². The monoisotopic (exact) mass is 329 g/mol. The summed E-state index contributed by atoms with van der Waals surface area (Å²) in [4.78, 5) is 12.9. The summed E-state index contributed by atoms with van der Waals surface area (Å²) in [5.41, 5.74) is 2.14. The van der Waals surface area contributed by atoms with E-state index in [1.165, 1.54) is 12.1 Å². The first kappa shape index (κ1) is 15.7. The van der Waals surface area contributed by atoms with Crippen molar-refractivity contribution in [3.63, 3.8) is 0 Å². The normalized spacial score (nSPS) is 14.5. The van der Waals surface area contributed by atoms with Crippen LogP contribution >= 0.6 is 0 Å². The fourth-order valence-electron chi connectivity index (χ4n) is 2.50. The molecule has 1 fully saturated rings. The van der Waals surface area contributed by atoms with Gasteiger partial charge >= 0.3 is 0 Å². The van der Waals surface area contributed by atoms with Crippen LogP contribution in [0.2, 0.25) is 0 Å². The maximum atomic E-state index is 13.1. The molecule has 3 rings (SSSR count). The van der Waals surface area contributed by atoms with E-state index in [4.69, 9.17) is 0 Å². The van der Waals surface area contributed by atoms with Gasteiger partial charge in [0, 0.05) is 5.92 Å². The van der Waals surface area contributed by atoms with Crippen molar-refractivity contribution in [3.8, 4) is 0 Å². The summed E-state index contributed by atoms with van der Waals surface area (Å²) in [7, 11) is -3.91. The van der Waals surface area contributed by atoms with Crippen LogP contribution in [0, 0.1) is 19.8 Å². The zero-order valence-corrected chi connectivity index (χ0v) is 14.0. The van der Waals surface area contributed by atoms with Gasteiger partial charge in [0.25, 0.3) is 10.0 Å². The SMILES string of the molecule is Cc1ccc(C)c(N(C(=O)C2CC2)S(=O)(=O)c2ccccc2)c1. The zero-order chi connectivity index (χ0) is 16.6. The maximum absolute atomic E-state index is 13.1. The minimum atomic E-state index is -3.91. The molecule has 2 aromatic carbocycles. The van der Waals surface area contributed by atoms with Crippen LogP contribution in [-0.2, 0) is 14.8 Å². The van der Waals surface area contributed by atoms with Crippen molar-refractivity contribution in [2.24, 2.45) is 5.92 Å². The Kier molecular flexibility index (Phi) is 3.98. The maximum Gasteiger partial charge on any atom is 0.270 e. The molecule has 4 nitrogen and oxygen atoms in total. The van der Waals surface area contributed by atoms with E-state index >= 15 is 0 Å².